The smallest absolute Gasteiger partial charge is 0.339 e. The third kappa shape index (κ3) is 5.21. The molecule has 0 spiro atoms. The molecular formula is C18H15N3O7S2. The van der Waals surface area contributed by atoms with Crippen LogP contribution in [-0.2, 0) is 15.9 Å². The van der Waals surface area contributed by atoms with Gasteiger partial charge in [-0.1, -0.05) is 11.8 Å². The van der Waals surface area contributed by atoms with Gasteiger partial charge in [0, 0.05) is 29.6 Å². The van der Waals surface area contributed by atoms with Crippen LogP contribution in [0, 0.1) is 24.0 Å². The molecule has 0 aliphatic carbocycles. The zero-order valence-corrected chi connectivity index (χ0v) is 17.4. The largest absolute Gasteiger partial charge is 0.464 e. The molecule has 0 aliphatic rings. The summed E-state index contributed by atoms with van der Waals surface area (Å²) in [7, 11) is -4.36. The van der Waals surface area contributed by atoms with Gasteiger partial charge in [0.1, 0.15) is 16.9 Å². The Hall–Kier alpha value is -3.25. The normalized spacial score (nSPS) is 11.3. The number of aryl methyl sites for hydroxylation is 2. The first kappa shape index (κ1) is 21.5. The van der Waals surface area contributed by atoms with Crippen LogP contribution in [0.2, 0.25) is 0 Å². The molecule has 3 aromatic rings. The highest BCUT2D eigenvalue weighted by Crippen LogP contribution is 2.22. The highest BCUT2D eigenvalue weighted by Gasteiger charge is 2.20. The predicted octanol–water partition coefficient (Wildman–Crippen LogP) is 3.01. The van der Waals surface area contributed by atoms with Gasteiger partial charge in [-0.05, 0) is 32.0 Å². The Morgan fingerprint density at radius 2 is 1.77 bits per heavy atom. The van der Waals surface area contributed by atoms with Crippen LogP contribution in [0.25, 0.3) is 0 Å². The van der Waals surface area contributed by atoms with Gasteiger partial charge in [0.15, 0.2) is 5.16 Å². The first-order valence-corrected chi connectivity index (χ1v) is 10.8. The van der Waals surface area contributed by atoms with E-state index in [1.165, 1.54) is 11.8 Å². The molecule has 0 fully saturated rings. The minimum absolute atomic E-state index is 0.257. The number of aromatic nitrogens is 2. The molecule has 0 unspecified atom stereocenters. The number of thioether (sulfide) groups is 1. The summed E-state index contributed by atoms with van der Waals surface area (Å²) in [5, 5.41) is 11.2. The molecule has 0 amide bonds. The quantitative estimate of drug-likeness (QED) is 0.174. The van der Waals surface area contributed by atoms with Gasteiger partial charge in [0.25, 0.3) is 5.69 Å². The second-order valence-corrected chi connectivity index (χ2v) is 8.57. The fourth-order valence-electron chi connectivity index (χ4n) is 2.37. The van der Waals surface area contributed by atoms with Gasteiger partial charge in [0.2, 0.25) is 11.2 Å². The molecule has 0 atom stereocenters. The molecule has 0 N–H and O–H groups in total. The molecule has 0 aliphatic heterocycles. The van der Waals surface area contributed by atoms with E-state index in [4.69, 9.17) is 8.60 Å². The summed E-state index contributed by atoms with van der Waals surface area (Å²) >= 11 is 1.26. The first-order valence-electron chi connectivity index (χ1n) is 8.40. The number of hydrogen-bond acceptors (Lipinski definition) is 10. The van der Waals surface area contributed by atoms with Crippen molar-refractivity contribution in [2.24, 2.45) is 0 Å². The Bertz CT molecular complexity index is 1240. The maximum Gasteiger partial charge on any atom is 0.339 e. The van der Waals surface area contributed by atoms with Crippen molar-refractivity contribution in [3.63, 3.8) is 0 Å². The maximum absolute atomic E-state index is 12.3. The highest BCUT2D eigenvalue weighted by molar-refractivity contribution is 7.98. The van der Waals surface area contributed by atoms with Gasteiger partial charge in [-0.2, -0.15) is 8.42 Å². The fraction of sp³-hybridized carbons (Fsp3) is 0.167. The van der Waals surface area contributed by atoms with Crippen molar-refractivity contribution in [2.45, 2.75) is 29.7 Å². The molecule has 12 heteroatoms. The van der Waals surface area contributed by atoms with E-state index in [-0.39, 0.29) is 22.1 Å². The molecule has 0 saturated carbocycles. The second-order valence-electron chi connectivity index (χ2n) is 6.09. The average Bonchev–Trinajstić information content (AvgIpc) is 2.67. The Kier molecular flexibility index (Phi) is 6.17. The summed E-state index contributed by atoms with van der Waals surface area (Å²) in [4.78, 5) is 30.5. The van der Waals surface area contributed by atoms with Crippen LogP contribution < -0.4 is 9.61 Å². The van der Waals surface area contributed by atoms with Crippen molar-refractivity contribution < 1.29 is 21.9 Å². The van der Waals surface area contributed by atoms with Crippen molar-refractivity contribution >= 4 is 27.6 Å². The Morgan fingerprint density at radius 1 is 1.13 bits per heavy atom. The summed E-state index contributed by atoms with van der Waals surface area (Å²) < 4.78 is 34.7. The second kappa shape index (κ2) is 8.63. The molecule has 10 nitrogen and oxygen atoms in total. The average molecular weight is 449 g/mol. The summed E-state index contributed by atoms with van der Waals surface area (Å²) in [6.07, 6.45) is 0.906. The van der Waals surface area contributed by atoms with Gasteiger partial charge in [-0.15, -0.1) is 0 Å². The van der Waals surface area contributed by atoms with Crippen molar-refractivity contribution in [2.75, 3.05) is 0 Å². The van der Waals surface area contributed by atoms with E-state index in [0.29, 0.717) is 5.16 Å². The van der Waals surface area contributed by atoms with Gasteiger partial charge >= 0.3 is 10.1 Å². The summed E-state index contributed by atoms with van der Waals surface area (Å²) in [6, 6.07) is 7.04. The van der Waals surface area contributed by atoms with Gasteiger partial charge in [0.05, 0.1) is 10.7 Å². The number of benzene rings is 1. The van der Waals surface area contributed by atoms with Crippen molar-refractivity contribution in [1.29, 1.82) is 0 Å². The van der Waals surface area contributed by atoms with Gasteiger partial charge in [-0.3, -0.25) is 14.9 Å². The number of nitrogens with zero attached hydrogens (tertiary/aromatic N) is 3. The lowest BCUT2D eigenvalue weighted by atomic mass is 10.3. The van der Waals surface area contributed by atoms with Crippen LogP contribution >= 0.6 is 11.8 Å². The Balaban J connectivity index is 1.73. The van der Waals surface area contributed by atoms with Crippen molar-refractivity contribution in [1.82, 2.24) is 9.97 Å². The molecular weight excluding hydrogens is 434 g/mol. The Morgan fingerprint density at radius 3 is 2.33 bits per heavy atom. The van der Waals surface area contributed by atoms with E-state index >= 15 is 0 Å². The fourth-order valence-corrected chi connectivity index (χ4v) is 4.13. The summed E-state index contributed by atoms with van der Waals surface area (Å²) in [6.45, 7) is 3.69. The summed E-state index contributed by atoms with van der Waals surface area (Å²) in [5.41, 5.74) is 0.657. The first-order chi connectivity index (χ1) is 14.1. The van der Waals surface area contributed by atoms with Gasteiger partial charge in [-0.25, -0.2) is 9.97 Å². The highest BCUT2D eigenvalue weighted by atomic mass is 32.2. The van der Waals surface area contributed by atoms with Crippen LogP contribution in [-0.4, -0.2) is 23.3 Å². The zero-order chi connectivity index (χ0) is 21.9. The lowest BCUT2D eigenvalue weighted by Gasteiger charge is -2.07. The number of hydrogen-bond donors (Lipinski definition) is 0. The van der Waals surface area contributed by atoms with E-state index in [0.717, 1.165) is 48.0 Å². The van der Waals surface area contributed by atoms with E-state index in [9.17, 15) is 23.3 Å². The van der Waals surface area contributed by atoms with E-state index in [1.54, 1.807) is 0 Å². The number of nitro benzene ring substituents is 1. The van der Waals surface area contributed by atoms with Crippen LogP contribution in [0.5, 0.6) is 5.75 Å². The molecule has 3 rings (SSSR count). The molecule has 30 heavy (non-hydrogen) atoms. The third-order valence-corrected chi connectivity index (χ3v) is 5.81. The van der Waals surface area contributed by atoms with E-state index in [1.807, 2.05) is 19.9 Å². The van der Waals surface area contributed by atoms with E-state index in [2.05, 4.69) is 9.97 Å². The molecule has 1 aromatic carbocycles. The number of nitro groups is 1. The van der Waals surface area contributed by atoms with E-state index < -0.39 is 26.2 Å². The molecule has 0 radical (unpaired) electrons. The Labute approximate surface area is 175 Å². The number of rotatable bonds is 7. The van der Waals surface area contributed by atoms with Crippen LogP contribution in [0.4, 0.5) is 5.69 Å². The lowest BCUT2D eigenvalue weighted by Crippen LogP contribution is -2.15. The topological polar surface area (TPSA) is 142 Å². The standard InChI is InChI=1S/C18H15N3O7S2/c1-11-7-12(2)20-18(19-11)29-10-14-8-16(22)17(9-27-14)28-30(25,26)15-5-3-13(4-6-15)21(23)24/h3-9H,10H2,1-2H3. The molecule has 0 saturated heterocycles. The molecule has 0 bridgehead atoms. The van der Waals surface area contributed by atoms with Crippen LogP contribution in [0.15, 0.2) is 61.9 Å². The summed E-state index contributed by atoms with van der Waals surface area (Å²) in [5.74, 6) is 0.0191. The predicted molar refractivity (Wildman–Crippen MR) is 107 cm³/mol. The SMILES string of the molecule is Cc1cc(C)nc(SCc2cc(=O)c(OS(=O)(=O)c3ccc([N+](=O)[O-])cc3)co2)n1. The minimum atomic E-state index is -4.36. The monoisotopic (exact) mass is 449 g/mol. The van der Waals surface area contributed by atoms with Crippen LogP contribution in [0.3, 0.4) is 0 Å². The maximum atomic E-state index is 12.3. The molecule has 2 aromatic heterocycles. The third-order valence-electron chi connectivity index (χ3n) is 3.69. The van der Waals surface area contributed by atoms with Gasteiger partial charge < -0.3 is 8.60 Å². The lowest BCUT2D eigenvalue weighted by molar-refractivity contribution is -0.384. The van der Waals surface area contributed by atoms with Crippen molar-refractivity contribution in [3.8, 4) is 5.75 Å². The molecule has 2 heterocycles. The zero-order valence-electron chi connectivity index (χ0n) is 15.8. The molecule has 156 valence electrons. The van der Waals surface area contributed by atoms with Crippen molar-refractivity contribution in [3.05, 3.63) is 80.1 Å². The minimum Gasteiger partial charge on any atom is -0.464 e. The van der Waals surface area contributed by atoms with Crippen LogP contribution in [0.1, 0.15) is 17.1 Å². The number of non-ortho nitro benzene ring substituents is 1.